The van der Waals surface area contributed by atoms with Gasteiger partial charge in [-0.3, -0.25) is 4.79 Å². The molecular weight excluding hydrogens is 231 g/mol. The summed E-state index contributed by atoms with van der Waals surface area (Å²) in [7, 11) is 0. The Morgan fingerprint density at radius 3 is 2.91 bits per heavy atom. The SMILES string of the molecule is O=CSc1cc(Br)ccc1F. The van der Waals surface area contributed by atoms with Crippen LogP contribution in [0.15, 0.2) is 27.6 Å². The highest BCUT2D eigenvalue weighted by Gasteiger charge is 2.01. The fraction of sp³-hybridized carbons (Fsp3) is 0. The minimum Gasteiger partial charge on any atom is -0.291 e. The Morgan fingerprint density at radius 2 is 2.27 bits per heavy atom. The highest BCUT2D eigenvalue weighted by atomic mass is 79.9. The normalized spacial score (nSPS) is 9.64. The maximum atomic E-state index is 12.8. The van der Waals surface area contributed by atoms with Gasteiger partial charge in [0.15, 0.2) is 5.62 Å². The molecule has 0 heterocycles. The number of thioether (sulfide) groups is 1. The molecule has 0 unspecified atom stereocenters. The van der Waals surface area contributed by atoms with Crippen LogP contribution in [0.3, 0.4) is 0 Å². The summed E-state index contributed by atoms with van der Waals surface area (Å²) in [6, 6.07) is 4.47. The third-order valence-corrected chi connectivity index (χ3v) is 2.22. The van der Waals surface area contributed by atoms with Crippen molar-refractivity contribution in [3.63, 3.8) is 0 Å². The summed E-state index contributed by atoms with van der Waals surface area (Å²) in [5, 5.41) is 0. The molecule has 1 nitrogen and oxygen atoms in total. The van der Waals surface area contributed by atoms with E-state index in [-0.39, 0.29) is 5.82 Å². The standard InChI is InChI=1S/C7H4BrFOS/c8-5-1-2-6(9)7(3-5)11-4-10/h1-4H. The zero-order chi connectivity index (χ0) is 8.27. The van der Waals surface area contributed by atoms with Crippen molar-refractivity contribution in [2.75, 3.05) is 0 Å². The molecule has 0 aromatic heterocycles. The first-order valence-corrected chi connectivity index (χ1v) is 4.46. The van der Waals surface area contributed by atoms with Gasteiger partial charge in [-0.25, -0.2) is 4.39 Å². The highest BCUT2D eigenvalue weighted by molar-refractivity contribution is 9.10. The molecule has 0 atom stereocenters. The first-order valence-electron chi connectivity index (χ1n) is 2.79. The lowest BCUT2D eigenvalue weighted by Crippen LogP contribution is -1.79. The van der Waals surface area contributed by atoms with E-state index < -0.39 is 0 Å². The van der Waals surface area contributed by atoms with E-state index in [0.717, 1.165) is 16.2 Å². The maximum absolute atomic E-state index is 12.8. The van der Waals surface area contributed by atoms with E-state index in [1.165, 1.54) is 6.07 Å². The first-order chi connectivity index (χ1) is 5.24. The van der Waals surface area contributed by atoms with Crippen LogP contribution in [0.4, 0.5) is 4.39 Å². The molecular formula is C7H4BrFOS. The summed E-state index contributed by atoms with van der Waals surface area (Å²) < 4.78 is 13.5. The van der Waals surface area contributed by atoms with Crippen LogP contribution >= 0.6 is 27.7 Å². The van der Waals surface area contributed by atoms with Gasteiger partial charge in [0.25, 0.3) is 0 Å². The summed E-state index contributed by atoms with van der Waals surface area (Å²) in [5.74, 6) is -0.370. The predicted molar refractivity (Wildman–Crippen MR) is 46.7 cm³/mol. The van der Waals surface area contributed by atoms with Gasteiger partial charge in [0, 0.05) is 4.47 Å². The predicted octanol–water partition coefficient (Wildman–Crippen LogP) is 2.87. The Morgan fingerprint density at radius 1 is 1.55 bits per heavy atom. The topological polar surface area (TPSA) is 17.1 Å². The molecule has 0 aliphatic rings. The van der Waals surface area contributed by atoms with Crippen molar-refractivity contribution < 1.29 is 9.18 Å². The monoisotopic (exact) mass is 234 g/mol. The van der Waals surface area contributed by atoms with Crippen LogP contribution in [0, 0.1) is 5.82 Å². The van der Waals surface area contributed by atoms with E-state index in [4.69, 9.17) is 0 Å². The molecule has 0 radical (unpaired) electrons. The van der Waals surface area contributed by atoms with E-state index in [0.29, 0.717) is 10.5 Å². The highest BCUT2D eigenvalue weighted by Crippen LogP contribution is 2.23. The zero-order valence-electron chi connectivity index (χ0n) is 5.38. The molecule has 1 aromatic carbocycles. The van der Waals surface area contributed by atoms with Crippen molar-refractivity contribution in [1.82, 2.24) is 0 Å². The van der Waals surface area contributed by atoms with Crippen molar-refractivity contribution in [2.24, 2.45) is 0 Å². The summed E-state index contributed by atoms with van der Waals surface area (Å²) in [4.78, 5) is 10.4. The molecule has 0 aliphatic carbocycles. The second-order valence-electron chi connectivity index (χ2n) is 1.79. The van der Waals surface area contributed by atoms with Gasteiger partial charge in [-0.1, -0.05) is 27.7 Å². The Kier molecular flexibility index (Phi) is 3.08. The van der Waals surface area contributed by atoms with Crippen molar-refractivity contribution in [1.29, 1.82) is 0 Å². The fourth-order valence-electron chi connectivity index (χ4n) is 0.619. The molecule has 1 rings (SSSR count). The maximum Gasteiger partial charge on any atom is 0.181 e. The Hall–Kier alpha value is -0.350. The molecule has 0 spiro atoms. The van der Waals surface area contributed by atoms with Gasteiger partial charge in [0.2, 0.25) is 0 Å². The molecule has 0 saturated heterocycles. The molecule has 4 heteroatoms. The number of rotatable bonds is 2. The largest absolute Gasteiger partial charge is 0.291 e. The van der Waals surface area contributed by atoms with Crippen LogP contribution in [0.25, 0.3) is 0 Å². The van der Waals surface area contributed by atoms with Gasteiger partial charge in [0.05, 0.1) is 4.90 Å². The second-order valence-corrected chi connectivity index (χ2v) is 3.57. The van der Waals surface area contributed by atoms with Crippen LogP contribution < -0.4 is 0 Å². The molecule has 58 valence electrons. The number of halogens is 2. The third-order valence-electron chi connectivity index (χ3n) is 1.07. The van der Waals surface area contributed by atoms with Gasteiger partial charge in [-0.15, -0.1) is 0 Å². The van der Waals surface area contributed by atoms with Crippen molar-refractivity contribution in [2.45, 2.75) is 4.90 Å². The van der Waals surface area contributed by atoms with Crippen molar-refractivity contribution in [3.8, 4) is 0 Å². The van der Waals surface area contributed by atoms with Gasteiger partial charge < -0.3 is 0 Å². The van der Waals surface area contributed by atoms with Gasteiger partial charge in [-0.2, -0.15) is 0 Å². The van der Waals surface area contributed by atoms with Crippen molar-refractivity contribution >= 4 is 33.3 Å². The average Bonchev–Trinajstić information content (AvgIpc) is 1.98. The zero-order valence-corrected chi connectivity index (χ0v) is 7.78. The number of benzene rings is 1. The van der Waals surface area contributed by atoms with E-state index in [1.54, 1.807) is 12.1 Å². The number of carbonyl (C=O) groups is 1. The molecule has 0 aliphatic heterocycles. The van der Waals surface area contributed by atoms with Crippen LogP contribution in [-0.4, -0.2) is 5.62 Å². The van der Waals surface area contributed by atoms with Crippen LogP contribution in [0.5, 0.6) is 0 Å². The summed E-state index contributed by atoms with van der Waals surface area (Å²) in [6.07, 6.45) is 0. The lowest BCUT2D eigenvalue weighted by atomic mass is 10.3. The molecule has 0 saturated carbocycles. The smallest absolute Gasteiger partial charge is 0.181 e. The van der Waals surface area contributed by atoms with E-state index in [9.17, 15) is 9.18 Å². The van der Waals surface area contributed by atoms with Gasteiger partial charge in [-0.05, 0) is 18.2 Å². The Labute approximate surface area is 76.1 Å². The van der Waals surface area contributed by atoms with Gasteiger partial charge >= 0.3 is 0 Å². The quantitative estimate of drug-likeness (QED) is 0.579. The Bertz CT molecular complexity index is 277. The van der Waals surface area contributed by atoms with E-state index >= 15 is 0 Å². The number of carbonyl (C=O) groups excluding carboxylic acids is 1. The molecule has 0 bridgehead atoms. The number of hydrogen-bond donors (Lipinski definition) is 0. The van der Waals surface area contributed by atoms with E-state index in [1.807, 2.05) is 0 Å². The average molecular weight is 235 g/mol. The number of hydrogen-bond acceptors (Lipinski definition) is 2. The Balaban J connectivity index is 3.01. The molecule has 0 amide bonds. The third kappa shape index (κ3) is 2.31. The van der Waals surface area contributed by atoms with Crippen LogP contribution in [-0.2, 0) is 4.79 Å². The van der Waals surface area contributed by atoms with E-state index in [2.05, 4.69) is 15.9 Å². The second kappa shape index (κ2) is 3.88. The lowest BCUT2D eigenvalue weighted by molar-refractivity contribution is 0.569. The first kappa shape index (κ1) is 8.74. The van der Waals surface area contributed by atoms with Crippen LogP contribution in [0.1, 0.15) is 0 Å². The minimum absolute atomic E-state index is 0.342. The van der Waals surface area contributed by atoms with Crippen molar-refractivity contribution in [3.05, 3.63) is 28.5 Å². The summed E-state index contributed by atoms with van der Waals surface area (Å²) in [5.41, 5.74) is 0.602. The molecule has 0 fully saturated rings. The molecule has 0 N–H and O–H groups in total. The summed E-state index contributed by atoms with van der Waals surface area (Å²) in [6.45, 7) is 0. The van der Waals surface area contributed by atoms with Crippen LogP contribution in [0.2, 0.25) is 0 Å². The summed E-state index contributed by atoms with van der Waals surface area (Å²) >= 11 is 4.00. The minimum atomic E-state index is -0.370. The lowest BCUT2D eigenvalue weighted by Gasteiger charge is -1.96. The van der Waals surface area contributed by atoms with Gasteiger partial charge in [0.1, 0.15) is 5.82 Å². The molecule has 11 heavy (non-hydrogen) atoms. The fourth-order valence-corrected chi connectivity index (χ4v) is 1.61. The molecule has 1 aromatic rings.